The number of nitrogens with one attached hydrogen (secondary N) is 1. The van der Waals surface area contributed by atoms with Gasteiger partial charge in [0.15, 0.2) is 9.84 Å². The van der Waals surface area contributed by atoms with Crippen LogP contribution in [0.3, 0.4) is 0 Å². The standard InChI is InChI=1S/C27H23FN2O4S/c1-2-35(32,33)24-11-8-19(9-12-24)15-27(31)30-22-10-13-25(20-5-4-14-29-18-20)26(17-22)34-23-7-3-6-21(28)16-23/h3-14,16-18H,2,15H2,1H3,(H,30,31). The number of carbonyl (C=O) groups excluding carboxylic acids is 1. The highest BCUT2D eigenvalue weighted by atomic mass is 32.2. The second kappa shape index (κ2) is 10.5. The molecule has 0 aliphatic carbocycles. The summed E-state index contributed by atoms with van der Waals surface area (Å²) in [6.45, 7) is 1.59. The molecule has 0 bridgehead atoms. The molecule has 1 amide bonds. The summed E-state index contributed by atoms with van der Waals surface area (Å²) < 4.78 is 43.6. The van der Waals surface area contributed by atoms with Crippen molar-refractivity contribution in [2.24, 2.45) is 0 Å². The Labute approximate surface area is 203 Å². The van der Waals surface area contributed by atoms with Gasteiger partial charge in [-0.2, -0.15) is 0 Å². The molecule has 0 saturated heterocycles. The Kier molecular flexibility index (Phi) is 7.22. The molecule has 6 nitrogen and oxygen atoms in total. The maximum atomic E-state index is 13.7. The van der Waals surface area contributed by atoms with Crippen molar-refractivity contribution >= 4 is 21.4 Å². The summed E-state index contributed by atoms with van der Waals surface area (Å²) in [7, 11) is -3.29. The van der Waals surface area contributed by atoms with Crippen molar-refractivity contribution in [2.45, 2.75) is 18.2 Å². The highest BCUT2D eigenvalue weighted by Gasteiger charge is 2.14. The Hall–Kier alpha value is -4.04. The van der Waals surface area contributed by atoms with Gasteiger partial charge >= 0.3 is 0 Å². The number of benzene rings is 3. The first-order chi connectivity index (χ1) is 16.8. The fraction of sp³-hybridized carbons (Fsp3) is 0.111. The molecule has 178 valence electrons. The van der Waals surface area contributed by atoms with E-state index in [0.29, 0.717) is 22.7 Å². The molecule has 0 aliphatic heterocycles. The zero-order valence-electron chi connectivity index (χ0n) is 18.9. The molecule has 1 aromatic heterocycles. The zero-order chi connectivity index (χ0) is 24.8. The lowest BCUT2D eigenvalue weighted by atomic mass is 10.1. The van der Waals surface area contributed by atoms with Crippen LogP contribution in [0.4, 0.5) is 10.1 Å². The third-order valence-electron chi connectivity index (χ3n) is 5.29. The van der Waals surface area contributed by atoms with Gasteiger partial charge in [-0.05, 0) is 48.0 Å². The predicted molar refractivity (Wildman–Crippen MR) is 133 cm³/mol. The lowest BCUT2D eigenvalue weighted by Gasteiger charge is -2.14. The second-order valence-electron chi connectivity index (χ2n) is 7.78. The summed E-state index contributed by atoms with van der Waals surface area (Å²) in [5, 5.41) is 2.84. The molecule has 8 heteroatoms. The second-order valence-corrected chi connectivity index (χ2v) is 10.1. The normalized spacial score (nSPS) is 11.1. The third-order valence-corrected chi connectivity index (χ3v) is 7.04. The topological polar surface area (TPSA) is 85.4 Å². The van der Waals surface area contributed by atoms with Crippen LogP contribution in [0.15, 0.2) is 96.2 Å². The molecular weight excluding hydrogens is 467 g/mol. The van der Waals surface area contributed by atoms with Gasteiger partial charge < -0.3 is 10.1 Å². The van der Waals surface area contributed by atoms with Crippen molar-refractivity contribution in [3.8, 4) is 22.6 Å². The number of carbonyl (C=O) groups is 1. The predicted octanol–water partition coefficient (Wildman–Crippen LogP) is 5.65. The first-order valence-electron chi connectivity index (χ1n) is 10.9. The van der Waals surface area contributed by atoms with Gasteiger partial charge in [-0.3, -0.25) is 9.78 Å². The van der Waals surface area contributed by atoms with Crippen molar-refractivity contribution in [1.82, 2.24) is 4.98 Å². The summed E-state index contributed by atoms with van der Waals surface area (Å²) in [6, 6.07) is 21.0. The van der Waals surface area contributed by atoms with E-state index in [-0.39, 0.29) is 23.0 Å². The van der Waals surface area contributed by atoms with Crippen LogP contribution in [-0.2, 0) is 21.1 Å². The third kappa shape index (κ3) is 6.10. The van der Waals surface area contributed by atoms with Gasteiger partial charge in [0.05, 0.1) is 17.1 Å². The van der Waals surface area contributed by atoms with Gasteiger partial charge in [0.2, 0.25) is 5.91 Å². The van der Waals surface area contributed by atoms with Crippen LogP contribution < -0.4 is 10.1 Å². The smallest absolute Gasteiger partial charge is 0.228 e. The van der Waals surface area contributed by atoms with Crippen LogP contribution in [-0.4, -0.2) is 25.1 Å². The maximum absolute atomic E-state index is 13.7. The van der Waals surface area contributed by atoms with E-state index in [4.69, 9.17) is 4.74 Å². The minimum Gasteiger partial charge on any atom is -0.457 e. The molecule has 0 aliphatic rings. The van der Waals surface area contributed by atoms with E-state index >= 15 is 0 Å². The van der Waals surface area contributed by atoms with Gasteiger partial charge in [-0.15, -0.1) is 0 Å². The number of pyridine rings is 1. The van der Waals surface area contributed by atoms with Gasteiger partial charge in [-0.25, -0.2) is 12.8 Å². The zero-order valence-corrected chi connectivity index (χ0v) is 19.8. The molecule has 0 spiro atoms. The first-order valence-corrected chi connectivity index (χ1v) is 12.6. The monoisotopic (exact) mass is 490 g/mol. The van der Waals surface area contributed by atoms with Crippen molar-refractivity contribution in [3.63, 3.8) is 0 Å². The molecular formula is C27H23FN2O4S. The Bertz CT molecular complexity index is 1440. The van der Waals surface area contributed by atoms with Crippen molar-refractivity contribution < 1.29 is 22.3 Å². The number of rotatable bonds is 8. The number of sulfone groups is 1. The van der Waals surface area contributed by atoms with Crippen LogP contribution in [0.1, 0.15) is 12.5 Å². The number of halogens is 1. The summed E-state index contributed by atoms with van der Waals surface area (Å²) in [5.41, 5.74) is 2.71. The average Bonchev–Trinajstić information content (AvgIpc) is 2.85. The van der Waals surface area contributed by atoms with E-state index in [1.807, 2.05) is 6.07 Å². The molecule has 4 rings (SSSR count). The largest absolute Gasteiger partial charge is 0.457 e. The number of aromatic nitrogens is 1. The molecule has 3 aromatic carbocycles. The maximum Gasteiger partial charge on any atom is 0.228 e. The molecule has 35 heavy (non-hydrogen) atoms. The van der Waals surface area contributed by atoms with E-state index in [1.165, 1.54) is 24.3 Å². The molecule has 0 radical (unpaired) electrons. The Balaban J connectivity index is 1.55. The summed E-state index contributed by atoms with van der Waals surface area (Å²) >= 11 is 0. The first kappa shape index (κ1) is 24.1. The average molecular weight is 491 g/mol. The molecule has 1 N–H and O–H groups in total. The number of amides is 1. The molecule has 4 aromatic rings. The Morgan fingerprint density at radius 1 is 1.00 bits per heavy atom. The van der Waals surface area contributed by atoms with E-state index in [0.717, 1.165) is 11.1 Å². The van der Waals surface area contributed by atoms with Gasteiger partial charge in [0.25, 0.3) is 0 Å². The van der Waals surface area contributed by atoms with Gasteiger partial charge in [0, 0.05) is 41.3 Å². The van der Waals surface area contributed by atoms with Gasteiger partial charge in [0.1, 0.15) is 17.3 Å². The summed E-state index contributed by atoms with van der Waals surface area (Å²) in [6.07, 6.45) is 3.42. The van der Waals surface area contributed by atoms with Crippen molar-refractivity contribution in [2.75, 3.05) is 11.1 Å². The lowest BCUT2D eigenvalue weighted by molar-refractivity contribution is -0.115. The number of anilines is 1. The number of hydrogen-bond acceptors (Lipinski definition) is 5. The Morgan fingerprint density at radius 2 is 1.80 bits per heavy atom. The van der Waals surface area contributed by atoms with Crippen LogP contribution >= 0.6 is 0 Å². The van der Waals surface area contributed by atoms with Crippen LogP contribution in [0.2, 0.25) is 0 Å². The van der Waals surface area contributed by atoms with Crippen LogP contribution in [0, 0.1) is 5.82 Å². The SMILES string of the molecule is CCS(=O)(=O)c1ccc(CC(=O)Nc2ccc(-c3cccnc3)c(Oc3cccc(F)c3)c2)cc1. The van der Waals surface area contributed by atoms with Gasteiger partial charge in [-0.1, -0.05) is 31.2 Å². The molecule has 1 heterocycles. The van der Waals surface area contributed by atoms with Crippen LogP contribution in [0.5, 0.6) is 11.5 Å². The minimum atomic E-state index is -3.29. The highest BCUT2D eigenvalue weighted by molar-refractivity contribution is 7.91. The van der Waals surface area contributed by atoms with E-state index in [1.54, 1.807) is 67.8 Å². The van der Waals surface area contributed by atoms with Crippen molar-refractivity contribution in [1.29, 1.82) is 0 Å². The quantitative estimate of drug-likeness (QED) is 0.345. The Morgan fingerprint density at radius 3 is 2.49 bits per heavy atom. The molecule has 0 unspecified atom stereocenters. The molecule has 0 atom stereocenters. The fourth-order valence-corrected chi connectivity index (χ4v) is 4.36. The van der Waals surface area contributed by atoms with E-state index < -0.39 is 15.7 Å². The number of nitrogens with zero attached hydrogens (tertiary/aromatic N) is 1. The fourth-order valence-electron chi connectivity index (χ4n) is 3.47. The van der Waals surface area contributed by atoms with Crippen molar-refractivity contribution in [3.05, 3.63) is 103 Å². The van der Waals surface area contributed by atoms with Crippen LogP contribution in [0.25, 0.3) is 11.1 Å². The number of ether oxygens (including phenoxy) is 1. The number of hydrogen-bond donors (Lipinski definition) is 1. The van der Waals surface area contributed by atoms with E-state index in [2.05, 4.69) is 10.3 Å². The lowest BCUT2D eigenvalue weighted by Crippen LogP contribution is -2.14. The summed E-state index contributed by atoms with van der Waals surface area (Å²) in [5.74, 6) is 0.0628. The van der Waals surface area contributed by atoms with E-state index in [9.17, 15) is 17.6 Å². The summed E-state index contributed by atoms with van der Waals surface area (Å²) in [4.78, 5) is 17.0. The molecule has 0 fully saturated rings. The highest BCUT2D eigenvalue weighted by Crippen LogP contribution is 2.35. The molecule has 0 saturated carbocycles. The minimum absolute atomic E-state index is 0.0158.